The highest BCUT2D eigenvalue weighted by molar-refractivity contribution is 9.10. The van der Waals surface area contributed by atoms with E-state index in [2.05, 4.69) is 15.9 Å². The van der Waals surface area contributed by atoms with Crippen LogP contribution >= 0.6 is 15.9 Å². The average Bonchev–Trinajstić information content (AvgIpc) is 2.46. The van der Waals surface area contributed by atoms with Crippen molar-refractivity contribution < 1.29 is 24.2 Å². The number of hydrogen-bond acceptors (Lipinski definition) is 4. The number of hydrogen-bond donors (Lipinski definition) is 1. The summed E-state index contributed by atoms with van der Waals surface area (Å²) in [6.45, 7) is 2.13. The second-order valence-corrected chi connectivity index (χ2v) is 5.68. The summed E-state index contributed by atoms with van der Waals surface area (Å²) >= 11 is 3.34. The highest BCUT2D eigenvalue weighted by atomic mass is 79.9. The van der Waals surface area contributed by atoms with Crippen LogP contribution in [-0.4, -0.2) is 54.3 Å². The number of morpholine rings is 1. The highest BCUT2D eigenvalue weighted by Gasteiger charge is 2.33. The molecule has 114 valence electrons. The molecule has 1 unspecified atom stereocenters. The molecule has 6 nitrogen and oxygen atoms in total. The maximum atomic E-state index is 12.6. The van der Waals surface area contributed by atoms with Crippen molar-refractivity contribution in [3.63, 3.8) is 0 Å². The lowest BCUT2D eigenvalue weighted by atomic mass is 10.1. The Morgan fingerprint density at radius 2 is 2.14 bits per heavy atom. The summed E-state index contributed by atoms with van der Waals surface area (Å²) in [5.74, 6) is -0.746. The van der Waals surface area contributed by atoms with Crippen molar-refractivity contribution in [3.05, 3.63) is 28.2 Å². The SMILES string of the molecule is COc1ccc(Br)c(C(=O)N2CC(C(=O)O)O[C@H](C)C2)c1. The molecule has 1 fully saturated rings. The number of benzene rings is 1. The Kier molecular flexibility index (Phi) is 4.84. The standard InChI is InChI=1S/C14H16BrNO5/c1-8-6-16(7-12(21-8)14(18)19)13(17)10-5-9(20-2)3-4-11(10)15/h3-5,8,12H,6-7H2,1-2H3,(H,18,19)/t8-,12?/m1/s1. The molecule has 0 bridgehead atoms. The van der Waals surface area contributed by atoms with E-state index in [4.69, 9.17) is 14.6 Å². The van der Waals surface area contributed by atoms with Crippen LogP contribution in [0.5, 0.6) is 5.75 Å². The maximum Gasteiger partial charge on any atom is 0.334 e. The largest absolute Gasteiger partial charge is 0.497 e. The molecule has 1 heterocycles. The predicted molar refractivity (Wildman–Crippen MR) is 78.6 cm³/mol. The number of carboxylic acids is 1. The van der Waals surface area contributed by atoms with Crippen LogP contribution in [0.15, 0.2) is 22.7 Å². The summed E-state index contributed by atoms with van der Waals surface area (Å²) in [6, 6.07) is 5.09. The summed E-state index contributed by atoms with van der Waals surface area (Å²) in [5, 5.41) is 9.07. The number of carbonyl (C=O) groups excluding carboxylic acids is 1. The zero-order valence-corrected chi connectivity index (χ0v) is 13.3. The number of halogens is 1. The van der Waals surface area contributed by atoms with Gasteiger partial charge in [0.05, 0.1) is 25.3 Å². The molecule has 21 heavy (non-hydrogen) atoms. The third-order valence-electron chi connectivity index (χ3n) is 3.23. The second-order valence-electron chi connectivity index (χ2n) is 4.83. The van der Waals surface area contributed by atoms with Crippen molar-refractivity contribution in [2.24, 2.45) is 0 Å². The molecule has 0 radical (unpaired) electrons. The normalized spacial score (nSPS) is 22.0. The van der Waals surface area contributed by atoms with Crippen LogP contribution in [-0.2, 0) is 9.53 Å². The Hall–Kier alpha value is -1.60. The van der Waals surface area contributed by atoms with Crippen molar-refractivity contribution in [1.29, 1.82) is 0 Å². The highest BCUT2D eigenvalue weighted by Crippen LogP contribution is 2.25. The van der Waals surface area contributed by atoms with Crippen molar-refractivity contribution in [3.8, 4) is 5.75 Å². The van der Waals surface area contributed by atoms with Gasteiger partial charge in [0.1, 0.15) is 5.75 Å². The molecule has 1 aromatic carbocycles. The zero-order chi connectivity index (χ0) is 15.6. The van der Waals surface area contributed by atoms with Crippen LogP contribution < -0.4 is 4.74 Å². The molecule has 2 rings (SSSR count). The van der Waals surface area contributed by atoms with Crippen molar-refractivity contribution >= 4 is 27.8 Å². The van der Waals surface area contributed by atoms with Crippen molar-refractivity contribution in [2.45, 2.75) is 19.1 Å². The molecule has 1 aliphatic heterocycles. The lowest BCUT2D eigenvalue weighted by Gasteiger charge is -2.35. The minimum atomic E-state index is -1.07. The molecule has 1 saturated heterocycles. The van der Waals surface area contributed by atoms with E-state index in [9.17, 15) is 9.59 Å². The molecule has 7 heteroatoms. The number of carboxylic acid groups (broad SMARTS) is 1. The minimum absolute atomic E-state index is 0.0299. The number of carbonyl (C=O) groups is 2. The topological polar surface area (TPSA) is 76.1 Å². The van der Waals surface area contributed by atoms with E-state index in [1.807, 2.05) is 0 Å². The molecule has 0 aromatic heterocycles. The van der Waals surface area contributed by atoms with Gasteiger partial charge in [0.15, 0.2) is 6.10 Å². The van der Waals surface area contributed by atoms with Gasteiger partial charge >= 0.3 is 5.97 Å². The van der Waals surface area contributed by atoms with E-state index < -0.39 is 12.1 Å². The van der Waals surface area contributed by atoms with Gasteiger partial charge in [-0.1, -0.05) is 0 Å². The Morgan fingerprint density at radius 3 is 2.76 bits per heavy atom. The van der Waals surface area contributed by atoms with Gasteiger partial charge in [-0.15, -0.1) is 0 Å². The number of nitrogens with zero attached hydrogens (tertiary/aromatic N) is 1. The van der Waals surface area contributed by atoms with Crippen LogP contribution in [0.25, 0.3) is 0 Å². The van der Waals surface area contributed by atoms with Gasteiger partial charge in [-0.3, -0.25) is 4.79 Å². The quantitative estimate of drug-likeness (QED) is 0.891. The number of methoxy groups -OCH3 is 1. The maximum absolute atomic E-state index is 12.6. The van der Waals surface area contributed by atoms with E-state index in [0.717, 1.165) is 0 Å². The van der Waals surface area contributed by atoms with Gasteiger partial charge in [-0.05, 0) is 41.1 Å². The lowest BCUT2D eigenvalue weighted by Crippen LogP contribution is -2.51. The van der Waals surface area contributed by atoms with Gasteiger partial charge in [-0.25, -0.2) is 4.79 Å². The summed E-state index contributed by atoms with van der Waals surface area (Å²) < 4.78 is 11.1. The summed E-state index contributed by atoms with van der Waals surface area (Å²) in [6.07, 6.45) is -1.32. The molecule has 1 N–H and O–H groups in total. The summed E-state index contributed by atoms with van der Waals surface area (Å²) in [4.78, 5) is 25.2. The Labute approximate surface area is 130 Å². The Bertz CT molecular complexity index is 562. The average molecular weight is 358 g/mol. The molecular weight excluding hydrogens is 342 g/mol. The van der Waals surface area contributed by atoms with Crippen LogP contribution in [0.2, 0.25) is 0 Å². The third-order valence-corrected chi connectivity index (χ3v) is 3.92. The number of ether oxygens (including phenoxy) is 2. The summed E-state index contributed by atoms with van der Waals surface area (Å²) in [7, 11) is 1.52. The van der Waals surface area contributed by atoms with Gasteiger partial charge in [0, 0.05) is 11.0 Å². The van der Waals surface area contributed by atoms with E-state index >= 15 is 0 Å². The smallest absolute Gasteiger partial charge is 0.334 e. The first-order valence-electron chi connectivity index (χ1n) is 6.43. The number of aliphatic carboxylic acids is 1. The lowest BCUT2D eigenvalue weighted by molar-refractivity contribution is -0.160. The number of amides is 1. The number of rotatable bonds is 3. The Balaban J connectivity index is 2.24. The first-order chi connectivity index (χ1) is 9.92. The van der Waals surface area contributed by atoms with Crippen LogP contribution in [0.4, 0.5) is 0 Å². The first kappa shape index (κ1) is 15.8. The van der Waals surface area contributed by atoms with Crippen LogP contribution in [0.3, 0.4) is 0 Å². The van der Waals surface area contributed by atoms with Crippen LogP contribution in [0.1, 0.15) is 17.3 Å². The monoisotopic (exact) mass is 357 g/mol. The first-order valence-corrected chi connectivity index (χ1v) is 7.22. The third kappa shape index (κ3) is 3.54. The minimum Gasteiger partial charge on any atom is -0.497 e. The molecule has 0 spiro atoms. The second kappa shape index (κ2) is 6.44. The van der Waals surface area contributed by atoms with E-state index in [1.165, 1.54) is 12.0 Å². The fourth-order valence-corrected chi connectivity index (χ4v) is 2.64. The van der Waals surface area contributed by atoms with Gasteiger partial charge in [0.2, 0.25) is 0 Å². The molecular formula is C14H16BrNO5. The molecule has 0 aliphatic carbocycles. The molecule has 2 atom stereocenters. The van der Waals surface area contributed by atoms with Gasteiger partial charge in [0.25, 0.3) is 5.91 Å². The molecule has 1 aromatic rings. The van der Waals surface area contributed by atoms with E-state index in [1.54, 1.807) is 25.1 Å². The Morgan fingerprint density at radius 1 is 1.43 bits per heavy atom. The van der Waals surface area contributed by atoms with Gasteiger partial charge in [-0.2, -0.15) is 0 Å². The fraction of sp³-hybridized carbons (Fsp3) is 0.429. The summed E-state index contributed by atoms with van der Waals surface area (Å²) in [5.41, 5.74) is 0.438. The van der Waals surface area contributed by atoms with Crippen LogP contribution in [0, 0.1) is 0 Å². The van der Waals surface area contributed by atoms with E-state index in [-0.39, 0.29) is 18.6 Å². The van der Waals surface area contributed by atoms with E-state index in [0.29, 0.717) is 22.3 Å². The molecule has 1 amide bonds. The van der Waals surface area contributed by atoms with Crippen molar-refractivity contribution in [2.75, 3.05) is 20.2 Å². The molecule has 0 saturated carbocycles. The van der Waals surface area contributed by atoms with Crippen molar-refractivity contribution in [1.82, 2.24) is 4.90 Å². The fourth-order valence-electron chi connectivity index (χ4n) is 2.22. The molecule has 1 aliphatic rings. The zero-order valence-electron chi connectivity index (χ0n) is 11.7. The predicted octanol–water partition coefficient (Wildman–Crippen LogP) is 1.77. The van der Waals surface area contributed by atoms with Gasteiger partial charge < -0.3 is 19.5 Å².